The van der Waals surface area contributed by atoms with Crippen molar-refractivity contribution in [1.82, 2.24) is 24.3 Å². The second-order valence-electron chi connectivity index (χ2n) is 6.60. The fraction of sp³-hybridized carbons (Fsp3) is 0.412. The van der Waals surface area contributed by atoms with Gasteiger partial charge in [-0.2, -0.15) is 0 Å². The van der Waals surface area contributed by atoms with E-state index in [0.717, 1.165) is 0 Å². The molecule has 0 radical (unpaired) electrons. The molecule has 2 aliphatic heterocycles. The van der Waals surface area contributed by atoms with Crippen molar-refractivity contribution in [3.63, 3.8) is 0 Å². The zero-order chi connectivity index (χ0) is 16.7. The molecular weight excluding hydrogens is 306 g/mol. The lowest BCUT2D eigenvalue weighted by molar-refractivity contribution is 0.0735. The molecule has 2 unspecified atom stereocenters. The minimum atomic E-state index is -0.0167. The first-order valence-electron chi connectivity index (χ1n) is 8.08. The Balaban J connectivity index is 1.40. The van der Waals surface area contributed by atoms with Crippen LogP contribution in [0.3, 0.4) is 0 Å². The van der Waals surface area contributed by atoms with E-state index in [-0.39, 0.29) is 11.8 Å². The topological polar surface area (TPSA) is 71.3 Å². The maximum Gasteiger partial charge on any atom is 0.274 e. The molecule has 0 N–H and O–H groups in total. The number of imidazole rings is 1. The largest absolute Gasteiger partial charge is 0.340 e. The van der Waals surface area contributed by atoms with Crippen molar-refractivity contribution in [2.24, 2.45) is 18.9 Å². The number of carbonyl (C=O) groups is 2. The summed E-state index contributed by atoms with van der Waals surface area (Å²) in [5.41, 5.74) is 1.16. The highest BCUT2D eigenvalue weighted by atomic mass is 16.2. The monoisotopic (exact) mass is 325 g/mol. The number of pyridine rings is 1. The minimum Gasteiger partial charge on any atom is -0.340 e. The maximum atomic E-state index is 12.5. The Labute approximate surface area is 139 Å². The number of hydrogen-bond acceptors (Lipinski definition) is 4. The van der Waals surface area contributed by atoms with E-state index < -0.39 is 0 Å². The summed E-state index contributed by atoms with van der Waals surface area (Å²) in [5, 5.41) is 0. The van der Waals surface area contributed by atoms with Gasteiger partial charge >= 0.3 is 0 Å². The molecule has 2 fully saturated rings. The molecule has 7 heteroatoms. The van der Waals surface area contributed by atoms with E-state index in [1.165, 1.54) is 0 Å². The molecule has 0 bridgehead atoms. The highest BCUT2D eigenvalue weighted by Gasteiger charge is 2.43. The first-order valence-corrected chi connectivity index (χ1v) is 8.08. The van der Waals surface area contributed by atoms with Crippen molar-refractivity contribution < 1.29 is 9.59 Å². The SMILES string of the molecule is Cn1cnc(C(=O)N2CC3CN(C(=O)c4ccncc4)CC3C2)c1. The van der Waals surface area contributed by atoms with Crippen LogP contribution in [-0.4, -0.2) is 62.3 Å². The average molecular weight is 325 g/mol. The average Bonchev–Trinajstić information content (AvgIpc) is 3.28. The molecular formula is C17H19N5O2. The first-order chi connectivity index (χ1) is 11.6. The van der Waals surface area contributed by atoms with E-state index in [0.29, 0.717) is 49.3 Å². The number of likely N-dealkylation sites (tertiary alicyclic amines) is 2. The molecule has 0 saturated carbocycles. The van der Waals surface area contributed by atoms with Crippen LogP contribution >= 0.6 is 0 Å². The third-order valence-electron chi connectivity index (χ3n) is 4.91. The summed E-state index contributed by atoms with van der Waals surface area (Å²) in [6.07, 6.45) is 6.66. The summed E-state index contributed by atoms with van der Waals surface area (Å²) < 4.78 is 1.78. The predicted octanol–water partition coefficient (Wildman–Crippen LogP) is 0.659. The molecule has 2 aromatic rings. The summed E-state index contributed by atoms with van der Waals surface area (Å²) in [5.74, 6) is 0.735. The van der Waals surface area contributed by atoms with Crippen LogP contribution < -0.4 is 0 Å². The number of aromatic nitrogens is 3. The third-order valence-corrected chi connectivity index (χ3v) is 4.91. The molecule has 4 rings (SSSR count). The van der Waals surface area contributed by atoms with Gasteiger partial charge in [0.25, 0.3) is 11.8 Å². The number of fused-ring (bicyclic) bond motifs is 1. The molecule has 2 amide bonds. The molecule has 2 aliphatic rings. The Morgan fingerprint density at radius 1 is 1.00 bits per heavy atom. The molecule has 7 nitrogen and oxygen atoms in total. The highest BCUT2D eigenvalue weighted by Crippen LogP contribution is 2.32. The predicted molar refractivity (Wildman–Crippen MR) is 86.2 cm³/mol. The van der Waals surface area contributed by atoms with Gasteiger partial charge in [0.15, 0.2) is 0 Å². The van der Waals surface area contributed by atoms with E-state index in [1.54, 1.807) is 41.6 Å². The van der Waals surface area contributed by atoms with Crippen LogP contribution in [0.2, 0.25) is 0 Å². The van der Waals surface area contributed by atoms with Gasteiger partial charge in [0, 0.05) is 69.2 Å². The summed E-state index contributed by atoms with van der Waals surface area (Å²) in [7, 11) is 1.85. The van der Waals surface area contributed by atoms with Gasteiger partial charge in [-0.1, -0.05) is 0 Å². The van der Waals surface area contributed by atoms with Crippen LogP contribution in [0.4, 0.5) is 0 Å². The van der Waals surface area contributed by atoms with Crippen LogP contribution in [0.5, 0.6) is 0 Å². The molecule has 124 valence electrons. The van der Waals surface area contributed by atoms with Gasteiger partial charge in [0.05, 0.1) is 6.33 Å². The maximum absolute atomic E-state index is 12.5. The summed E-state index contributed by atoms with van der Waals surface area (Å²) >= 11 is 0. The van der Waals surface area contributed by atoms with Gasteiger partial charge in [0.2, 0.25) is 0 Å². The van der Waals surface area contributed by atoms with E-state index in [9.17, 15) is 9.59 Å². The van der Waals surface area contributed by atoms with Gasteiger partial charge in [0.1, 0.15) is 5.69 Å². The molecule has 0 spiro atoms. The third kappa shape index (κ3) is 2.55. The zero-order valence-electron chi connectivity index (χ0n) is 13.5. The van der Waals surface area contributed by atoms with Crippen molar-refractivity contribution in [3.05, 3.63) is 48.3 Å². The molecule has 2 atom stereocenters. The lowest BCUT2D eigenvalue weighted by atomic mass is 10.0. The number of rotatable bonds is 2. The van der Waals surface area contributed by atoms with Gasteiger partial charge in [-0.25, -0.2) is 4.98 Å². The van der Waals surface area contributed by atoms with E-state index in [2.05, 4.69) is 9.97 Å². The van der Waals surface area contributed by atoms with Gasteiger partial charge in [-0.05, 0) is 12.1 Å². The quantitative estimate of drug-likeness (QED) is 0.813. The number of amides is 2. The van der Waals surface area contributed by atoms with Crippen molar-refractivity contribution in [3.8, 4) is 0 Å². The fourth-order valence-electron chi connectivity index (χ4n) is 3.69. The molecule has 24 heavy (non-hydrogen) atoms. The van der Waals surface area contributed by atoms with Crippen molar-refractivity contribution in [2.45, 2.75) is 0 Å². The Morgan fingerprint density at radius 2 is 1.58 bits per heavy atom. The number of carbonyl (C=O) groups excluding carboxylic acids is 2. The lowest BCUT2D eigenvalue weighted by Crippen LogP contribution is -2.35. The summed E-state index contributed by atoms with van der Waals surface area (Å²) in [4.78, 5) is 36.9. The normalized spacial score (nSPS) is 22.7. The van der Waals surface area contributed by atoms with Crippen molar-refractivity contribution in [2.75, 3.05) is 26.2 Å². The summed E-state index contributed by atoms with van der Waals surface area (Å²) in [6, 6.07) is 3.49. The van der Waals surface area contributed by atoms with Crippen LogP contribution in [0.1, 0.15) is 20.8 Å². The molecule has 0 aliphatic carbocycles. The number of nitrogens with zero attached hydrogens (tertiary/aromatic N) is 5. The van der Waals surface area contributed by atoms with Gasteiger partial charge in [-0.15, -0.1) is 0 Å². The molecule has 0 aromatic carbocycles. The second-order valence-corrected chi connectivity index (χ2v) is 6.60. The molecule has 4 heterocycles. The highest BCUT2D eigenvalue weighted by molar-refractivity contribution is 5.94. The Bertz CT molecular complexity index is 758. The number of hydrogen-bond donors (Lipinski definition) is 0. The molecule has 2 aromatic heterocycles. The Hall–Kier alpha value is -2.70. The second kappa shape index (κ2) is 5.74. The standard InChI is InChI=1S/C17H19N5O2/c1-20-10-15(19-11-20)17(24)22-8-13-6-21(7-14(13)9-22)16(23)12-2-4-18-5-3-12/h2-5,10-11,13-14H,6-9H2,1H3. The minimum absolute atomic E-state index is 0.0167. The fourth-order valence-corrected chi connectivity index (χ4v) is 3.69. The van der Waals surface area contributed by atoms with Crippen molar-refractivity contribution >= 4 is 11.8 Å². The van der Waals surface area contributed by atoms with Crippen LogP contribution in [0.15, 0.2) is 37.1 Å². The van der Waals surface area contributed by atoms with Crippen LogP contribution in [-0.2, 0) is 7.05 Å². The van der Waals surface area contributed by atoms with Crippen molar-refractivity contribution in [1.29, 1.82) is 0 Å². The molecule has 2 saturated heterocycles. The number of aryl methyl sites for hydroxylation is 1. The lowest BCUT2D eigenvalue weighted by Gasteiger charge is -2.21. The van der Waals surface area contributed by atoms with Gasteiger partial charge in [-0.3, -0.25) is 14.6 Å². The van der Waals surface area contributed by atoms with E-state index >= 15 is 0 Å². The summed E-state index contributed by atoms with van der Waals surface area (Å²) in [6.45, 7) is 2.80. The van der Waals surface area contributed by atoms with Crippen LogP contribution in [0.25, 0.3) is 0 Å². The van der Waals surface area contributed by atoms with E-state index in [1.807, 2.05) is 16.8 Å². The smallest absolute Gasteiger partial charge is 0.274 e. The zero-order valence-corrected chi connectivity index (χ0v) is 13.5. The van der Waals surface area contributed by atoms with E-state index in [4.69, 9.17) is 0 Å². The van der Waals surface area contributed by atoms with Crippen LogP contribution in [0, 0.1) is 11.8 Å². The Kier molecular flexibility index (Phi) is 3.55. The first kappa shape index (κ1) is 14.9. The van der Waals surface area contributed by atoms with Gasteiger partial charge < -0.3 is 14.4 Å². The Morgan fingerprint density at radius 3 is 2.12 bits per heavy atom.